The molecule has 1 aliphatic heterocycles. The van der Waals surface area contributed by atoms with Crippen molar-refractivity contribution in [3.8, 4) is 11.4 Å². The molecule has 1 N–H and O–H groups in total. The zero-order chi connectivity index (χ0) is 19.6. The predicted octanol–water partition coefficient (Wildman–Crippen LogP) is 2.59. The van der Waals surface area contributed by atoms with E-state index >= 15 is 0 Å². The van der Waals surface area contributed by atoms with E-state index in [2.05, 4.69) is 10.1 Å². The maximum Gasteiger partial charge on any atom is 0.256 e. The minimum Gasteiger partial charge on any atom is -0.396 e. The highest BCUT2D eigenvalue weighted by molar-refractivity contribution is 5.76. The highest BCUT2D eigenvalue weighted by atomic mass is 19.3. The summed E-state index contributed by atoms with van der Waals surface area (Å²) in [4.78, 5) is 17.7. The number of piperidine rings is 1. The largest absolute Gasteiger partial charge is 0.396 e. The van der Waals surface area contributed by atoms with Gasteiger partial charge in [0.05, 0.1) is 12.5 Å². The van der Waals surface area contributed by atoms with Crippen LogP contribution >= 0.6 is 0 Å². The molecule has 1 fully saturated rings. The Labute approximate surface area is 154 Å². The first-order valence-electron chi connectivity index (χ1n) is 8.65. The second-order valence-corrected chi connectivity index (χ2v) is 6.71. The SMILES string of the molecule is Cc1ccc(-c2noc(CCC(=O)N3CCC(F)(F)C(CO)C3)n2)cc1F. The first-order chi connectivity index (χ1) is 12.8. The molecular formula is C18H20F3N3O3. The zero-order valence-corrected chi connectivity index (χ0v) is 14.8. The van der Waals surface area contributed by atoms with Crippen LogP contribution < -0.4 is 0 Å². The molecule has 9 heteroatoms. The summed E-state index contributed by atoms with van der Waals surface area (Å²) >= 11 is 0. The van der Waals surface area contributed by atoms with Gasteiger partial charge >= 0.3 is 0 Å². The Hall–Kier alpha value is -2.42. The summed E-state index contributed by atoms with van der Waals surface area (Å²) in [6, 6.07) is 4.58. The number of aromatic nitrogens is 2. The minimum atomic E-state index is -2.96. The third-order valence-electron chi connectivity index (χ3n) is 4.78. The van der Waals surface area contributed by atoms with Gasteiger partial charge < -0.3 is 14.5 Å². The van der Waals surface area contributed by atoms with Crippen molar-refractivity contribution in [1.29, 1.82) is 0 Å². The smallest absolute Gasteiger partial charge is 0.256 e. The molecule has 1 amide bonds. The number of halogens is 3. The van der Waals surface area contributed by atoms with Crippen LogP contribution in [0.5, 0.6) is 0 Å². The van der Waals surface area contributed by atoms with Crippen LogP contribution in [0, 0.1) is 18.7 Å². The summed E-state index contributed by atoms with van der Waals surface area (Å²) in [6.45, 7) is 0.737. The first-order valence-corrected chi connectivity index (χ1v) is 8.65. The molecule has 0 spiro atoms. The van der Waals surface area contributed by atoms with Crippen LogP contribution in [0.4, 0.5) is 13.2 Å². The molecule has 1 atom stereocenters. The molecular weight excluding hydrogens is 363 g/mol. The third-order valence-corrected chi connectivity index (χ3v) is 4.78. The number of nitrogens with zero attached hydrogens (tertiary/aromatic N) is 3. The number of hydrogen-bond donors (Lipinski definition) is 1. The van der Waals surface area contributed by atoms with Gasteiger partial charge in [0, 0.05) is 37.9 Å². The summed E-state index contributed by atoms with van der Waals surface area (Å²) in [7, 11) is 0. The summed E-state index contributed by atoms with van der Waals surface area (Å²) < 4.78 is 46.0. The van der Waals surface area contributed by atoms with Crippen LogP contribution in [0.15, 0.2) is 22.7 Å². The van der Waals surface area contributed by atoms with Crippen LogP contribution in [0.25, 0.3) is 11.4 Å². The number of likely N-dealkylation sites (tertiary alicyclic amines) is 1. The van der Waals surface area contributed by atoms with E-state index in [4.69, 9.17) is 9.63 Å². The number of amides is 1. The molecule has 1 unspecified atom stereocenters. The lowest BCUT2D eigenvalue weighted by Crippen LogP contribution is -2.50. The molecule has 2 aromatic rings. The fraction of sp³-hybridized carbons (Fsp3) is 0.500. The second-order valence-electron chi connectivity index (χ2n) is 6.71. The number of carbonyl (C=O) groups excluding carboxylic acids is 1. The van der Waals surface area contributed by atoms with Crippen molar-refractivity contribution in [3.05, 3.63) is 35.5 Å². The van der Waals surface area contributed by atoms with Gasteiger partial charge in [-0.15, -0.1) is 0 Å². The summed E-state index contributed by atoms with van der Waals surface area (Å²) in [5.74, 6) is -4.48. The number of alkyl halides is 2. The van der Waals surface area contributed by atoms with Gasteiger partial charge in [-0.05, 0) is 18.6 Å². The number of rotatable bonds is 5. The molecule has 2 heterocycles. The predicted molar refractivity (Wildman–Crippen MR) is 89.5 cm³/mol. The van der Waals surface area contributed by atoms with E-state index in [0.29, 0.717) is 11.1 Å². The summed E-state index contributed by atoms with van der Waals surface area (Å²) in [5.41, 5.74) is 0.963. The highest BCUT2D eigenvalue weighted by Crippen LogP contribution is 2.33. The number of aliphatic hydroxyl groups excluding tert-OH is 1. The molecule has 0 bridgehead atoms. The lowest BCUT2D eigenvalue weighted by Gasteiger charge is -2.37. The molecule has 146 valence electrons. The summed E-state index contributed by atoms with van der Waals surface area (Å²) in [5, 5.41) is 12.9. The molecule has 6 nitrogen and oxygen atoms in total. The number of aliphatic hydroxyl groups is 1. The molecule has 0 radical (unpaired) electrons. The number of carbonyl (C=O) groups is 1. The average Bonchev–Trinajstić information content (AvgIpc) is 3.11. The monoisotopic (exact) mass is 383 g/mol. The molecule has 0 aliphatic carbocycles. The normalized spacial score (nSPS) is 19.3. The van der Waals surface area contributed by atoms with E-state index in [1.165, 1.54) is 11.0 Å². The molecule has 3 rings (SSSR count). The Morgan fingerprint density at radius 1 is 1.44 bits per heavy atom. The van der Waals surface area contributed by atoms with Crippen molar-refractivity contribution in [2.24, 2.45) is 5.92 Å². The lowest BCUT2D eigenvalue weighted by molar-refractivity contribution is -0.149. The molecule has 1 aromatic heterocycles. The van der Waals surface area contributed by atoms with Crippen molar-refractivity contribution in [2.75, 3.05) is 19.7 Å². The van der Waals surface area contributed by atoms with Gasteiger partial charge in [-0.3, -0.25) is 4.79 Å². The van der Waals surface area contributed by atoms with Crippen molar-refractivity contribution < 1.29 is 27.6 Å². The zero-order valence-electron chi connectivity index (χ0n) is 14.8. The van der Waals surface area contributed by atoms with Crippen LogP contribution in [-0.4, -0.2) is 51.7 Å². The van der Waals surface area contributed by atoms with Gasteiger partial charge in [0.15, 0.2) is 0 Å². The van der Waals surface area contributed by atoms with Crippen molar-refractivity contribution in [3.63, 3.8) is 0 Å². The Kier molecular flexibility index (Phi) is 5.50. The van der Waals surface area contributed by atoms with Crippen LogP contribution in [0.2, 0.25) is 0 Å². The number of benzene rings is 1. The average molecular weight is 383 g/mol. The van der Waals surface area contributed by atoms with Crippen LogP contribution in [0.1, 0.15) is 24.3 Å². The maximum atomic E-state index is 13.6. The summed E-state index contributed by atoms with van der Waals surface area (Å²) in [6.07, 6.45) is -0.294. The third kappa shape index (κ3) is 4.29. The van der Waals surface area contributed by atoms with E-state index in [0.717, 1.165) is 0 Å². The van der Waals surface area contributed by atoms with Gasteiger partial charge in [-0.2, -0.15) is 4.98 Å². The minimum absolute atomic E-state index is 0.0214. The molecule has 1 saturated heterocycles. The maximum absolute atomic E-state index is 13.6. The fourth-order valence-corrected chi connectivity index (χ4v) is 2.97. The Morgan fingerprint density at radius 3 is 2.93 bits per heavy atom. The molecule has 1 aliphatic rings. The lowest BCUT2D eigenvalue weighted by atomic mass is 9.94. The van der Waals surface area contributed by atoms with E-state index < -0.39 is 24.9 Å². The Morgan fingerprint density at radius 2 is 2.22 bits per heavy atom. The topological polar surface area (TPSA) is 79.5 Å². The molecule has 0 saturated carbocycles. The second kappa shape index (κ2) is 7.67. The number of hydrogen-bond acceptors (Lipinski definition) is 5. The van der Waals surface area contributed by atoms with Crippen LogP contribution in [-0.2, 0) is 11.2 Å². The quantitative estimate of drug-likeness (QED) is 0.859. The number of aryl methyl sites for hydroxylation is 2. The van der Waals surface area contributed by atoms with Gasteiger partial charge in [0.1, 0.15) is 5.82 Å². The molecule has 1 aromatic carbocycles. The fourth-order valence-electron chi connectivity index (χ4n) is 2.97. The van der Waals surface area contributed by atoms with Gasteiger partial charge in [0.2, 0.25) is 17.6 Å². The van der Waals surface area contributed by atoms with Crippen LogP contribution in [0.3, 0.4) is 0 Å². The van der Waals surface area contributed by atoms with Crippen molar-refractivity contribution in [2.45, 2.75) is 32.1 Å². The van der Waals surface area contributed by atoms with Gasteiger partial charge in [-0.25, -0.2) is 13.2 Å². The van der Waals surface area contributed by atoms with E-state index in [9.17, 15) is 18.0 Å². The van der Waals surface area contributed by atoms with E-state index in [-0.39, 0.29) is 49.4 Å². The Bertz CT molecular complexity index is 825. The first kappa shape index (κ1) is 19.3. The van der Waals surface area contributed by atoms with Gasteiger partial charge in [-0.1, -0.05) is 17.3 Å². The van der Waals surface area contributed by atoms with Crippen molar-refractivity contribution in [1.82, 2.24) is 15.0 Å². The van der Waals surface area contributed by atoms with Crippen molar-refractivity contribution >= 4 is 5.91 Å². The molecule has 27 heavy (non-hydrogen) atoms. The van der Waals surface area contributed by atoms with E-state index in [1.54, 1.807) is 19.1 Å². The standard InChI is InChI=1S/C18H20F3N3O3/c1-11-2-3-12(8-14(11)19)17-22-15(27-23-17)4-5-16(26)24-7-6-18(20,21)13(9-24)10-25/h2-3,8,13,25H,4-7,9-10H2,1H3. The van der Waals surface area contributed by atoms with E-state index in [1.807, 2.05) is 0 Å². The van der Waals surface area contributed by atoms with Gasteiger partial charge in [0.25, 0.3) is 5.92 Å². The Balaban J connectivity index is 1.58. The highest BCUT2D eigenvalue weighted by Gasteiger charge is 2.44.